The van der Waals surface area contributed by atoms with Crippen molar-refractivity contribution in [2.75, 3.05) is 0 Å². The maximum absolute atomic E-state index is 11.9. The molecular weight excluding hydrogens is 276 g/mol. The van der Waals surface area contributed by atoms with Crippen molar-refractivity contribution < 1.29 is 19.8 Å². The van der Waals surface area contributed by atoms with Crippen molar-refractivity contribution >= 4 is 11.9 Å². The number of phenolic OH excluding ortho intramolecular Hbond substituents is 1. The van der Waals surface area contributed by atoms with Crippen molar-refractivity contribution in [3.8, 4) is 5.75 Å². The number of hydrogen-bond donors (Lipinski definition) is 3. The number of nitrogens with one attached hydrogen (secondary N) is 1. The molecule has 0 aliphatic rings. The molecule has 0 atom stereocenters. The molecule has 0 unspecified atom stereocenters. The van der Waals surface area contributed by atoms with Gasteiger partial charge in [0.05, 0.1) is 12.7 Å². The van der Waals surface area contributed by atoms with E-state index in [1.54, 1.807) is 13.0 Å². The lowest BCUT2D eigenvalue weighted by atomic mass is 10.1. The molecule has 0 saturated heterocycles. The highest BCUT2D eigenvalue weighted by atomic mass is 16.4. The van der Waals surface area contributed by atoms with Crippen molar-refractivity contribution in [2.24, 2.45) is 0 Å². The summed E-state index contributed by atoms with van der Waals surface area (Å²) < 4.78 is 1.18. The SMILES string of the molecule is Cc1cc(C(=O)NCc2cn(CC(=O)O)nn2)ccc1O. The number of aryl methyl sites for hydroxylation is 1. The largest absolute Gasteiger partial charge is 0.508 e. The van der Waals surface area contributed by atoms with Crippen LogP contribution in [0.1, 0.15) is 21.6 Å². The van der Waals surface area contributed by atoms with Gasteiger partial charge in [-0.25, -0.2) is 4.68 Å². The van der Waals surface area contributed by atoms with Crippen molar-refractivity contribution in [3.05, 3.63) is 41.2 Å². The van der Waals surface area contributed by atoms with Crippen molar-refractivity contribution in [2.45, 2.75) is 20.0 Å². The summed E-state index contributed by atoms with van der Waals surface area (Å²) in [5.41, 5.74) is 1.48. The third kappa shape index (κ3) is 3.78. The second-order valence-electron chi connectivity index (χ2n) is 4.49. The molecule has 0 spiro atoms. The van der Waals surface area contributed by atoms with Crippen LogP contribution in [0.5, 0.6) is 5.75 Å². The van der Waals surface area contributed by atoms with E-state index in [4.69, 9.17) is 5.11 Å². The first-order chi connectivity index (χ1) is 9.95. The third-order valence-corrected chi connectivity index (χ3v) is 2.77. The number of aromatic hydroxyl groups is 1. The smallest absolute Gasteiger partial charge is 0.325 e. The number of aromatic nitrogens is 3. The molecule has 0 fully saturated rings. The number of carboxylic acids is 1. The monoisotopic (exact) mass is 290 g/mol. The van der Waals surface area contributed by atoms with E-state index in [9.17, 15) is 14.7 Å². The number of amides is 1. The molecule has 1 heterocycles. The Balaban J connectivity index is 1.95. The molecular formula is C13H14N4O4. The van der Waals surface area contributed by atoms with Gasteiger partial charge in [0.15, 0.2) is 0 Å². The highest BCUT2D eigenvalue weighted by molar-refractivity contribution is 5.94. The molecule has 1 aromatic heterocycles. The Labute approximate surface area is 120 Å². The quantitative estimate of drug-likeness (QED) is 0.729. The van der Waals surface area contributed by atoms with Crippen LogP contribution in [-0.2, 0) is 17.9 Å². The molecule has 0 bridgehead atoms. The minimum atomic E-state index is -1.02. The molecule has 8 nitrogen and oxygen atoms in total. The number of carbonyl (C=O) groups excluding carboxylic acids is 1. The summed E-state index contributed by atoms with van der Waals surface area (Å²) in [5.74, 6) is -1.20. The molecule has 21 heavy (non-hydrogen) atoms. The normalized spacial score (nSPS) is 10.3. The zero-order chi connectivity index (χ0) is 15.4. The second kappa shape index (κ2) is 6.04. The Morgan fingerprint density at radius 2 is 2.14 bits per heavy atom. The Bertz CT molecular complexity index is 681. The Hall–Kier alpha value is -2.90. The maximum atomic E-state index is 11.9. The first-order valence-electron chi connectivity index (χ1n) is 6.14. The van der Waals surface area contributed by atoms with Gasteiger partial charge in [-0.15, -0.1) is 5.10 Å². The van der Waals surface area contributed by atoms with E-state index in [2.05, 4.69) is 15.6 Å². The molecule has 2 rings (SSSR count). The van der Waals surface area contributed by atoms with Crippen LogP contribution < -0.4 is 5.32 Å². The van der Waals surface area contributed by atoms with Crippen LogP contribution in [0.25, 0.3) is 0 Å². The average molecular weight is 290 g/mol. The summed E-state index contributed by atoms with van der Waals surface area (Å²) >= 11 is 0. The Morgan fingerprint density at radius 1 is 1.38 bits per heavy atom. The van der Waals surface area contributed by atoms with Crippen LogP contribution in [0.4, 0.5) is 0 Å². The Kier molecular flexibility index (Phi) is 4.17. The topological polar surface area (TPSA) is 117 Å². The number of carboxylic acid groups (broad SMARTS) is 1. The molecule has 1 amide bonds. The molecule has 0 saturated carbocycles. The van der Waals surface area contributed by atoms with E-state index in [1.165, 1.54) is 23.0 Å². The minimum Gasteiger partial charge on any atom is -0.508 e. The van der Waals surface area contributed by atoms with Gasteiger partial charge in [-0.05, 0) is 30.7 Å². The van der Waals surface area contributed by atoms with Gasteiger partial charge in [0, 0.05) is 5.56 Å². The first-order valence-corrected chi connectivity index (χ1v) is 6.14. The summed E-state index contributed by atoms with van der Waals surface area (Å²) in [5, 5.41) is 28.1. The van der Waals surface area contributed by atoms with E-state index >= 15 is 0 Å². The zero-order valence-electron chi connectivity index (χ0n) is 11.3. The van der Waals surface area contributed by atoms with Gasteiger partial charge in [0.25, 0.3) is 5.91 Å². The standard InChI is InChI=1S/C13H14N4O4/c1-8-4-9(2-3-11(8)18)13(21)14-5-10-6-17(16-15-10)7-12(19)20/h2-4,6,18H,5,7H2,1H3,(H,14,21)(H,19,20). The molecule has 0 aliphatic carbocycles. The number of rotatable bonds is 5. The number of benzene rings is 1. The average Bonchev–Trinajstić information content (AvgIpc) is 2.86. The zero-order valence-corrected chi connectivity index (χ0v) is 11.3. The predicted molar refractivity (Wildman–Crippen MR) is 71.7 cm³/mol. The van der Waals surface area contributed by atoms with Gasteiger partial charge < -0.3 is 15.5 Å². The number of hydrogen-bond acceptors (Lipinski definition) is 5. The third-order valence-electron chi connectivity index (χ3n) is 2.77. The van der Waals surface area contributed by atoms with Crippen LogP contribution in [0.15, 0.2) is 24.4 Å². The fourth-order valence-corrected chi connectivity index (χ4v) is 1.70. The van der Waals surface area contributed by atoms with Gasteiger partial charge in [-0.3, -0.25) is 9.59 Å². The van der Waals surface area contributed by atoms with Gasteiger partial charge in [0.1, 0.15) is 18.0 Å². The first kappa shape index (κ1) is 14.5. The van der Waals surface area contributed by atoms with Crippen molar-refractivity contribution in [1.29, 1.82) is 0 Å². The van der Waals surface area contributed by atoms with Crippen LogP contribution in [0, 0.1) is 6.92 Å². The maximum Gasteiger partial charge on any atom is 0.325 e. The minimum absolute atomic E-state index is 0.128. The molecule has 0 radical (unpaired) electrons. The van der Waals surface area contributed by atoms with E-state index in [0.29, 0.717) is 16.8 Å². The lowest BCUT2D eigenvalue weighted by molar-refractivity contribution is -0.137. The molecule has 1 aromatic carbocycles. The summed E-state index contributed by atoms with van der Waals surface area (Å²) in [6.45, 7) is 1.56. The molecule has 2 aromatic rings. The van der Waals surface area contributed by atoms with Crippen LogP contribution in [-0.4, -0.2) is 37.1 Å². The van der Waals surface area contributed by atoms with E-state index in [-0.39, 0.29) is 24.7 Å². The summed E-state index contributed by atoms with van der Waals surface area (Å²) in [6, 6.07) is 4.54. The predicted octanol–water partition coefficient (Wildman–Crippen LogP) is 0.307. The lowest BCUT2D eigenvalue weighted by Crippen LogP contribution is -2.23. The fraction of sp³-hybridized carbons (Fsp3) is 0.231. The summed E-state index contributed by atoms with van der Waals surface area (Å²) in [7, 11) is 0. The summed E-state index contributed by atoms with van der Waals surface area (Å²) in [6.07, 6.45) is 1.45. The highest BCUT2D eigenvalue weighted by Gasteiger charge is 2.09. The molecule has 0 aliphatic heterocycles. The van der Waals surface area contributed by atoms with Crippen LogP contribution in [0.2, 0.25) is 0 Å². The van der Waals surface area contributed by atoms with Gasteiger partial charge >= 0.3 is 5.97 Å². The lowest BCUT2D eigenvalue weighted by Gasteiger charge is -2.05. The van der Waals surface area contributed by atoms with Crippen molar-refractivity contribution in [3.63, 3.8) is 0 Å². The highest BCUT2D eigenvalue weighted by Crippen LogP contribution is 2.16. The van der Waals surface area contributed by atoms with Gasteiger partial charge in [0.2, 0.25) is 0 Å². The number of aliphatic carboxylic acids is 1. The van der Waals surface area contributed by atoms with E-state index in [0.717, 1.165) is 0 Å². The van der Waals surface area contributed by atoms with Crippen LogP contribution >= 0.6 is 0 Å². The molecule has 110 valence electrons. The van der Waals surface area contributed by atoms with Gasteiger partial charge in [-0.2, -0.15) is 0 Å². The van der Waals surface area contributed by atoms with E-state index < -0.39 is 5.97 Å². The number of phenols is 1. The number of nitrogens with zero attached hydrogens (tertiary/aromatic N) is 3. The molecule has 8 heteroatoms. The van der Waals surface area contributed by atoms with Crippen LogP contribution in [0.3, 0.4) is 0 Å². The Morgan fingerprint density at radius 3 is 2.81 bits per heavy atom. The summed E-state index contributed by atoms with van der Waals surface area (Å²) in [4.78, 5) is 22.4. The molecule has 3 N–H and O–H groups in total. The number of carbonyl (C=O) groups is 2. The van der Waals surface area contributed by atoms with E-state index in [1.807, 2.05) is 0 Å². The van der Waals surface area contributed by atoms with Gasteiger partial charge in [-0.1, -0.05) is 5.21 Å². The second-order valence-corrected chi connectivity index (χ2v) is 4.49. The fourth-order valence-electron chi connectivity index (χ4n) is 1.70. The van der Waals surface area contributed by atoms with Crippen molar-refractivity contribution in [1.82, 2.24) is 20.3 Å².